The molecule has 1 amide bonds. The molecule has 146 valence electrons. The van der Waals surface area contributed by atoms with Gasteiger partial charge in [-0.2, -0.15) is 4.98 Å². The predicted molar refractivity (Wildman–Crippen MR) is 105 cm³/mol. The SMILES string of the molecule is O=C(CCc1nc(-c2ccco2)no1)NCC1(c2ccccc2)CCCCC1. The lowest BCUT2D eigenvalue weighted by molar-refractivity contribution is -0.121. The summed E-state index contributed by atoms with van der Waals surface area (Å²) in [6.45, 7) is 0.678. The minimum absolute atomic E-state index is 0.0126. The first-order valence-electron chi connectivity index (χ1n) is 9.94. The van der Waals surface area contributed by atoms with Crippen LogP contribution in [0.1, 0.15) is 50.0 Å². The molecule has 6 nitrogen and oxygen atoms in total. The second-order valence-corrected chi connectivity index (χ2v) is 7.47. The van der Waals surface area contributed by atoms with Crippen LogP contribution < -0.4 is 5.32 Å². The van der Waals surface area contributed by atoms with Gasteiger partial charge in [-0.15, -0.1) is 0 Å². The monoisotopic (exact) mass is 379 g/mol. The molecule has 0 atom stereocenters. The fraction of sp³-hybridized carbons (Fsp3) is 0.409. The van der Waals surface area contributed by atoms with Crippen molar-refractivity contribution in [3.8, 4) is 11.6 Å². The fourth-order valence-electron chi connectivity index (χ4n) is 4.03. The van der Waals surface area contributed by atoms with Crippen LogP contribution in [0.3, 0.4) is 0 Å². The second-order valence-electron chi connectivity index (χ2n) is 7.47. The lowest BCUT2D eigenvalue weighted by Gasteiger charge is -2.38. The van der Waals surface area contributed by atoms with Gasteiger partial charge in [0.1, 0.15) is 0 Å². The van der Waals surface area contributed by atoms with Gasteiger partial charge in [0.25, 0.3) is 0 Å². The van der Waals surface area contributed by atoms with Gasteiger partial charge in [-0.1, -0.05) is 54.8 Å². The third-order valence-corrected chi connectivity index (χ3v) is 5.60. The van der Waals surface area contributed by atoms with E-state index in [1.165, 1.54) is 24.8 Å². The van der Waals surface area contributed by atoms with Crippen molar-refractivity contribution in [3.63, 3.8) is 0 Å². The summed E-state index contributed by atoms with van der Waals surface area (Å²) in [7, 11) is 0. The summed E-state index contributed by atoms with van der Waals surface area (Å²) in [5, 5.41) is 7.04. The highest BCUT2D eigenvalue weighted by molar-refractivity contribution is 5.76. The maximum Gasteiger partial charge on any atom is 0.238 e. The van der Waals surface area contributed by atoms with E-state index in [1.807, 2.05) is 6.07 Å². The van der Waals surface area contributed by atoms with Crippen molar-refractivity contribution in [2.24, 2.45) is 0 Å². The van der Waals surface area contributed by atoms with Crippen LogP contribution in [0.5, 0.6) is 0 Å². The number of hydrogen-bond donors (Lipinski definition) is 1. The van der Waals surface area contributed by atoms with Crippen molar-refractivity contribution in [3.05, 3.63) is 60.2 Å². The minimum Gasteiger partial charge on any atom is -0.461 e. The topological polar surface area (TPSA) is 81.2 Å². The minimum atomic E-state index is 0.0126. The Morgan fingerprint density at radius 3 is 2.64 bits per heavy atom. The summed E-state index contributed by atoms with van der Waals surface area (Å²) in [4.78, 5) is 16.7. The molecule has 2 heterocycles. The lowest BCUT2D eigenvalue weighted by atomic mass is 9.69. The molecule has 0 bridgehead atoms. The van der Waals surface area contributed by atoms with E-state index in [9.17, 15) is 4.79 Å². The molecule has 0 saturated heterocycles. The molecule has 1 N–H and O–H groups in total. The summed E-state index contributed by atoms with van der Waals surface area (Å²) >= 11 is 0. The van der Waals surface area contributed by atoms with Crippen molar-refractivity contribution in [1.82, 2.24) is 15.5 Å². The van der Waals surface area contributed by atoms with E-state index < -0.39 is 0 Å². The number of amides is 1. The fourth-order valence-corrected chi connectivity index (χ4v) is 4.03. The Bertz CT molecular complexity index is 881. The number of carbonyl (C=O) groups excluding carboxylic acids is 1. The number of nitrogens with zero attached hydrogens (tertiary/aromatic N) is 2. The zero-order valence-corrected chi connectivity index (χ0v) is 15.9. The number of rotatable bonds is 7. The predicted octanol–water partition coefficient (Wildman–Crippen LogP) is 4.28. The molecule has 6 heteroatoms. The van der Waals surface area contributed by atoms with E-state index >= 15 is 0 Å². The Kier molecular flexibility index (Phi) is 5.55. The molecule has 1 fully saturated rings. The molecular formula is C22H25N3O3. The smallest absolute Gasteiger partial charge is 0.238 e. The van der Waals surface area contributed by atoms with Gasteiger partial charge in [0.05, 0.1) is 6.26 Å². The molecule has 2 aromatic heterocycles. The first-order valence-corrected chi connectivity index (χ1v) is 9.94. The largest absolute Gasteiger partial charge is 0.461 e. The number of furan rings is 1. The van der Waals surface area contributed by atoms with E-state index in [4.69, 9.17) is 8.94 Å². The first-order chi connectivity index (χ1) is 13.8. The van der Waals surface area contributed by atoms with Gasteiger partial charge in [0.2, 0.25) is 17.6 Å². The number of hydrogen-bond acceptors (Lipinski definition) is 5. The molecule has 1 aromatic carbocycles. The van der Waals surface area contributed by atoms with Crippen molar-refractivity contribution in [2.75, 3.05) is 6.54 Å². The highest BCUT2D eigenvalue weighted by Gasteiger charge is 2.34. The summed E-state index contributed by atoms with van der Waals surface area (Å²) in [5.74, 6) is 1.42. The normalized spacial score (nSPS) is 16.0. The van der Waals surface area contributed by atoms with Crippen LogP contribution in [0.25, 0.3) is 11.6 Å². The maximum absolute atomic E-state index is 12.4. The van der Waals surface area contributed by atoms with Gasteiger partial charge in [0, 0.05) is 24.8 Å². The Morgan fingerprint density at radius 1 is 1.07 bits per heavy atom. The summed E-state index contributed by atoms with van der Waals surface area (Å²) in [6.07, 6.45) is 8.23. The molecule has 1 aliphatic carbocycles. The number of aromatic nitrogens is 2. The van der Waals surface area contributed by atoms with E-state index in [2.05, 4.69) is 39.7 Å². The molecule has 28 heavy (non-hydrogen) atoms. The molecule has 3 aromatic rings. The van der Waals surface area contributed by atoms with Crippen molar-refractivity contribution in [2.45, 2.75) is 50.4 Å². The van der Waals surface area contributed by atoms with Crippen LogP contribution in [0, 0.1) is 0 Å². The highest BCUT2D eigenvalue weighted by atomic mass is 16.5. The van der Waals surface area contributed by atoms with Gasteiger partial charge < -0.3 is 14.3 Å². The molecule has 4 rings (SSSR count). The number of carbonyl (C=O) groups is 1. The Morgan fingerprint density at radius 2 is 1.89 bits per heavy atom. The average molecular weight is 379 g/mol. The van der Waals surface area contributed by atoms with E-state index in [-0.39, 0.29) is 11.3 Å². The molecular weight excluding hydrogens is 354 g/mol. The first kappa shape index (κ1) is 18.5. The van der Waals surface area contributed by atoms with Crippen LogP contribution in [0.4, 0.5) is 0 Å². The number of nitrogens with one attached hydrogen (secondary N) is 1. The molecule has 0 spiro atoms. The van der Waals surface area contributed by atoms with Gasteiger partial charge in [-0.25, -0.2) is 0 Å². The zero-order chi connectivity index (χ0) is 19.2. The van der Waals surface area contributed by atoms with Gasteiger partial charge in [-0.3, -0.25) is 4.79 Å². The van der Waals surface area contributed by atoms with Crippen molar-refractivity contribution >= 4 is 5.91 Å². The highest BCUT2D eigenvalue weighted by Crippen LogP contribution is 2.38. The van der Waals surface area contributed by atoms with Gasteiger partial charge in [-0.05, 0) is 30.5 Å². The van der Waals surface area contributed by atoms with Crippen LogP contribution in [-0.2, 0) is 16.6 Å². The van der Waals surface area contributed by atoms with E-state index in [1.54, 1.807) is 18.4 Å². The Hall–Kier alpha value is -2.89. The standard InChI is InChI=1S/C22H25N3O3/c26-19(11-12-20-24-21(25-28-20)18-10-7-15-27-18)23-16-22(13-5-2-6-14-22)17-8-3-1-4-9-17/h1,3-4,7-10,15H,2,5-6,11-14,16H2,(H,23,26). The maximum atomic E-state index is 12.4. The Labute approximate surface area is 164 Å². The molecule has 1 saturated carbocycles. The quantitative estimate of drug-likeness (QED) is 0.663. The molecule has 0 aliphatic heterocycles. The van der Waals surface area contributed by atoms with Crippen LogP contribution in [0.15, 0.2) is 57.7 Å². The second kappa shape index (κ2) is 8.42. The molecule has 0 radical (unpaired) electrons. The molecule has 1 aliphatic rings. The van der Waals surface area contributed by atoms with Crippen molar-refractivity contribution in [1.29, 1.82) is 0 Å². The number of benzene rings is 1. The summed E-state index contributed by atoms with van der Waals surface area (Å²) < 4.78 is 10.5. The third-order valence-electron chi connectivity index (χ3n) is 5.60. The zero-order valence-electron chi connectivity index (χ0n) is 15.9. The van der Waals surface area contributed by atoms with Crippen LogP contribution >= 0.6 is 0 Å². The third kappa shape index (κ3) is 4.16. The summed E-state index contributed by atoms with van der Waals surface area (Å²) in [6, 6.07) is 14.1. The van der Waals surface area contributed by atoms with Crippen LogP contribution in [-0.4, -0.2) is 22.6 Å². The van der Waals surface area contributed by atoms with E-state index in [0.29, 0.717) is 36.9 Å². The van der Waals surface area contributed by atoms with Crippen molar-refractivity contribution < 1.29 is 13.7 Å². The van der Waals surface area contributed by atoms with E-state index in [0.717, 1.165) is 12.8 Å². The number of aryl methyl sites for hydroxylation is 1. The lowest BCUT2D eigenvalue weighted by Crippen LogP contribution is -2.42. The molecule has 0 unspecified atom stereocenters. The average Bonchev–Trinajstić information content (AvgIpc) is 3.44. The van der Waals surface area contributed by atoms with Gasteiger partial charge >= 0.3 is 0 Å². The van der Waals surface area contributed by atoms with Crippen LogP contribution in [0.2, 0.25) is 0 Å². The Balaban J connectivity index is 1.33. The summed E-state index contributed by atoms with van der Waals surface area (Å²) in [5.41, 5.74) is 1.38. The van der Waals surface area contributed by atoms with Gasteiger partial charge in [0.15, 0.2) is 5.76 Å².